The van der Waals surface area contributed by atoms with Crippen LogP contribution in [0, 0.1) is 0 Å². The molecule has 1 fully saturated rings. The fraction of sp³-hybridized carbons (Fsp3) is 0.333. The zero-order valence-electron chi connectivity index (χ0n) is 15.1. The summed E-state index contributed by atoms with van der Waals surface area (Å²) < 4.78 is 26.9. The van der Waals surface area contributed by atoms with Gasteiger partial charge in [0.05, 0.1) is 10.6 Å². The summed E-state index contributed by atoms with van der Waals surface area (Å²) in [5, 5.41) is 24.4. The van der Waals surface area contributed by atoms with Crippen molar-refractivity contribution in [3.8, 4) is 5.75 Å². The van der Waals surface area contributed by atoms with Gasteiger partial charge >= 0.3 is 5.97 Å². The average molecular weight is 406 g/mol. The molecule has 9 nitrogen and oxygen atoms in total. The largest absolute Gasteiger partial charge is 0.508 e. The van der Waals surface area contributed by atoms with Gasteiger partial charge in [0.15, 0.2) is 0 Å². The van der Waals surface area contributed by atoms with Crippen LogP contribution in [0.5, 0.6) is 5.75 Å². The van der Waals surface area contributed by atoms with Gasteiger partial charge < -0.3 is 20.8 Å². The van der Waals surface area contributed by atoms with E-state index in [4.69, 9.17) is 5.11 Å². The molecule has 1 aromatic heterocycles. The molecule has 0 spiro atoms. The highest BCUT2D eigenvalue weighted by molar-refractivity contribution is 7.89. The van der Waals surface area contributed by atoms with Crippen molar-refractivity contribution in [1.82, 2.24) is 9.29 Å². The Labute approximate surface area is 163 Å². The van der Waals surface area contributed by atoms with Gasteiger partial charge in [0, 0.05) is 25.3 Å². The summed E-state index contributed by atoms with van der Waals surface area (Å²) in [5.74, 6) is -0.521. The molecule has 1 saturated heterocycles. The fourth-order valence-corrected chi connectivity index (χ4v) is 4.57. The number of phenols is 1. The molecule has 10 heteroatoms. The minimum Gasteiger partial charge on any atom is -0.508 e. The van der Waals surface area contributed by atoms with Crippen LogP contribution >= 0.6 is 0 Å². The monoisotopic (exact) mass is 406 g/mol. The van der Waals surface area contributed by atoms with E-state index >= 15 is 0 Å². The van der Waals surface area contributed by atoms with Gasteiger partial charge in [-0.15, -0.1) is 0 Å². The number of phenolic OH excluding ortho intramolecular Hbond substituents is 1. The number of nitrogens with zero attached hydrogens (tertiary/aromatic N) is 2. The number of rotatable bonds is 7. The lowest BCUT2D eigenvalue weighted by atomic mass is 10.1. The predicted octanol–water partition coefficient (Wildman–Crippen LogP) is 1.55. The first kappa shape index (κ1) is 19.9. The van der Waals surface area contributed by atoms with Gasteiger partial charge in [-0.1, -0.05) is 6.07 Å². The number of carboxylic acids is 1. The van der Waals surface area contributed by atoms with Crippen LogP contribution in [-0.2, 0) is 14.8 Å². The van der Waals surface area contributed by atoms with Crippen molar-refractivity contribution in [2.75, 3.05) is 30.3 Å². The Hall–Kier alpha value is -2.85. The van der Waals surface area contributed by atoms with Crippen LogP contribution in [0.2, 0.25) is 0 Å². The Kier molecular flexibility index (Phi) is 6.00. The van der Waals surface area contributed by atoms with Crippen LogP contribution in [0.3, 0.4) is 0 Å². The van der Waals surface area contributed by atoms with Gasteiger partial charge in [-0.05, 0) is 43.2 Å². The Morgan fingerprint density at radius 2 is 1.96 bits per heavy atom. The van der Waals surface area contributed by atoms with Crippen LogP contribution in [0.1, 0.15) is 12.8 Å². The number of carbonyl (C=O) groups is 1. The number of carboxylic acid groups (broad SMARTS) is 1. The maximum Gasteiger partial charge on any atom is 0.322 e. The maximum atomic E-state index is 12.7. The van der Waals surface area contributed by atoms with Gasteiger partial charge in [-0.3, -0.25) is 4.79 Å². The molecule has 2 heterocycles. The summed E-state index contributed by atoms with van der Waals surface area (Å²) in [5.41, 5.74) is 0.583. The molecule has 28 heavy (non-hydrogen) atoms. The van der Waals surface area contributed by atoms with E-state index in [2.05, 4.69) is 15.6 Å². The van der Waals surface area contributed by atoms with Crippen LogP contribution in [-0.4, -0.2) is 59.6 Å². The number of nitrogens with one attached hydrogen (secondary N) is 2. The Balaban J connectivity index is 1.63. The number of benzene rings is 1. The molecule has 4 N–H and O–H groups in total. The number of anilines is 2. The molecular formula is C18H22N4O5S. The maximum absolute atomic E-state index is 12.7. The number of aliphatic carboxylic acids is 1. The number of piperidine rings is 1. The second-order valence-corrected chi connectivity index (χ2v) is 8.40. The Bertz CT molecular complexity index is 942. The van der Waals surface area contributed by atoms with E-state index in [0.29, 0.717) is 37.4 Å². The molecule has 0 saturated carbocycles. The molecule has 0 radical (unpaired) electrons. The van der Waals surface area contributed by atoms with Gasteiger partial charge in [-0.2, -0.15) is 4.31 Å². The first-order valence-electron chi connectivity index (χ1n) is 8.82. The van der Waals surface area contributed by atoms with Crippen molar-refractivity contribution in [1.29, 1.82) is 0 Å². The molecule has 0 aliphatic carbocycles. The smallest absolute Gasteiger partial charge is 0.322 e. The standard InChI is InChI=1S/C18H22N4O5S/c23-14-3-1-4-15(11-14)28(26,27)22-9-6-13(7-10-22)21-18-16(5-2-8-19-18)20-12-17(24)25/h1-5,8,11,13,20,23H,6-7,9-10,12H2,(H,19,21)(H,24,25). The highest BCUT2D eigenvalue weighted by atomic mass is 32.2. The van der Waals surface area contributed by atoms with Gasteiger partial charge in [0.2, 0.25) is 10.0 Å². The molecule has 0 bridgehead atoms. The van der Waals surface area contributed by atoms with E-state index in [1.54, 1.807) is 18.3 Å². The van der Waals surface area contributed by atoms with Gasteiger partial charge in [0.1, 0.15) is 18.1 Å². The van der Waals surface area contributed by atoms with E-state index < -0.39 is 16.0 Å². The van der Waals surface area contributed by atoms with E-state index in [-0.39, 0.29) is 23.2 Å². The highest BCUT2D eigenvalue weighted by Crippen LogP contribution is 2.26. The first-order valence-corrected chi connectivity index (χ1v) is 10.3. The molecule has 1 aromatic carbocycles. The molecule has 0 amide bonds. The number of sulfonamides is 1. The molecule has 3 rings (SSSR count). The van der Waals surface area contributed by atoms with Crippen molar-refractivity contribution < 1.29 is 23.4 Å². The third-order valence-corrected chi connectivity index (χ3v) is 6.38. The SMILES string of the molecule is O=C(O)CNc1cccnc1NC1CCN(S(=O)(=O)c2cccc(O)c2)CC1. The Morgan fingerprint density at radius 1 is 1.21 bits per heavy atom. The molecule has 2 aromatic rings. The summed E-state index contributed by atoms with van der Waals surface area (Å²) in [4.78, 5) is 15.1. The van der Waals surface area contributed by atoms with Gasteiger partial charge in [0.25, 0.3) is 0 Å². The van der Waals surface area contributed by atoms with Crippen molar-refractivity contribution in [2.45, 2.75) is 23.8 Å². The molecule has 0 atom stereocenters. The number of hydrogen-bond donors (Lipinski definition) is 4. The summed E-state index contributed by atoms with van der Waals surface area (Å²) >= 11 is 0. The summed E-state index contributed by atoms with van der Waals surface area (Å²) in [6, 6.07) is 9.10. The predicted molar refractivity (Wildman–Crippen MR) is 104 cm³/mol. The van der Waals surface area contributed by atoms with Crippen molar-refractivity contribution in [3.63, 3.8) is 0 Å². The van der Waals surface area contributed by atoms with E-state index in [0.717, 1.165) is 0 Å². The first-order chi connectivity index (χ1) is 13.4. The quantitative estimate of drug-likeness (QED) is 0.545. The average Bonchev–Trinajstić information content (AvgIpc) is 2.68. The van der Waals surface area contributed by atoms with Crippen LogP contribution in [0.25, 0.3) is 0 Å². The molecule has 1 aliphatic rings. The number of hydrogen-bond acceptors (Lipinski definition) is 7. The van der Waals surface area contributed by atoms with Crippen molar-refractivity contribution in [2.24, 2.45) is 0 Å². The van der Waals surface area contributed by atoms with Gasteiger partial charge in [-0.25, -0.2) is 13.4 Å². The second-order valence-electron chi connectivity index (χ2n) is 6.47. The normalized spacial score (nSPS) is 15.9. The van der Waals surface area contributed by atoms with E-state index in [1.165, 1.54) is 28.6 Å². The number of aromatic nitrogens is 1. The fourth-order valence-electron chi connectivity index (χ4n) is 3.06. The third-order valence-electron chi connectivity index (χ3n) is 4.49. The molecular weight excluding hydrogens is 384 g/mol. The van der Waals surface area contributed by atoms with Crippen LogP contribution in [0.4, 0.5) is 11.5 Å². The lowest BCUT2D eigenvalue weighted by Crippen LogP contribution is -2.42. The number of pyridine rings is 1. The molecule has 150 valence electrons. The molecule has 0 unspecified atom stereocenters. The minimum atomic E-state index is -3.65. The highest BCUT2D eigenvalue weighted by Gasteiger charge is 2.30. The number of aromatic hydroxyl groups is 1. The van der Waals surface area contributed by atoms with E-state index in [9.17, 15) is 18.3 Å². The minimum absolute atomic E-state index is 0.0101. The third kappa shape index (κ3) is 4.70. The zero-order valence-corrected chi connectivity index (χ0v) is 15.9. The lowest BCUT2D eigenvalue weighted by Gasteiger charge is -2.32. The van der Waals surface area contributed by atoms with Crippen LogP contribution < -0.4 is 10.6 Å². The van der Waals surface area contributed by atoms with Crippen molar-refractivity contribution >= 4 is 27.5 Å². The summed E-state index contributed by atoms with van der Waals surface area (Å²) in [6.45, 7) is 0.446. The van der Waals surface area contributed by atoms with Crippen LogP contribution in [0.15, 0.2) is 47.5 Å². The zero-order chi connectivity index (χ0) is 20.1. The second kappa shape index (κ2) is 8.44. The van der Waals surface area contributed by atoms with Crippen molar-refractivity contribution in [3.05, 3.63) is 42.6 Å². The summed E-state index contributed by atoms with van der Waals surface area (Å²) in [7, 11) is -3.65. The Morgan fingerprint density at radius 3 is 2.64 bits per heavy atom. The lowest BCUT2D eigenvalue weighted by molar-refractivity contribution is -0.134. The summed E-state index contributed by atoms with van der Waals surface area (Å²) in [6.07, 6.45) is 2.76. The molecule has 1 aliphatic heterocycles. The van der Waals surface area contributed by atoms with E-state index in [1.807, 2.05) is 0 Å². The topological polar surface area (TPSA) is 132 Å².